The Kier molecular flexibility index (Phi) is 5.30. The quantitative estimate of drug-likeness (QED) is 0.562. The van der Waals surface area contributed by atoms with E-state index in [1.54, 1.807) is 19.1 Å². The van der Waals surface area contributed by atoms with Crippen LogP contribution in [0.2, 0.25) is 0 Å². The molecule has 0 aliphatic heterocycles. The lowest BCUT2D eigenvalue weighted by molar-refractivity contribution is 0.0672. The summed E-state index contributed by atoms with van der Waals surface area (Å²) in [5.74, 6) is -0.0299. The highest BCUT2D eigenvalue weighted by atomic mass is 19.1. The Bertz CT molecular complexity index is 429. The third-order valence-corrected chi connectivity index (χ3v) is 3.03. The van der Waals surface area contributed by atoms with Crippen LogP contribution in [0, 0.1) is 5.82 Å². The van der Waals surface area contributed by atoms with Crippen molar-refractivity contribution in [2.24, 2.45) is 10.7 Å². The van der Waals surface area contributed by atoms with Crippen molar-refractivity contribution >= 4 is 5.96 Å². The molecule has 0 radical (unpaired) electrons. The first kappa shape index (κ1) is 15.4. The molecule has 2 unspecified atom stereocenters. The third-order valence-electron chi connectivity index (χ3n) is 3.03. The highest BCUT2D eigenvalue weighted by Gasteiger charge is 2.22. The fourth-order valence-electron chi connectivity index (χ4n) is 1.54. The summed E-state index contributed by atoms with van der Waals surface area (Å²) in [4.78, 5) is 4.12. The van der Waals surface area contributed by atoms with Crippen LogP contribution in [0.25, 0.3) is 0 Å². The van der Waals surface area contributed by atoms with E-state index >= 15 is 0 Å². The van der Waals surface area contributed by atoms with E-state index in [0.717, 1.165) is 6.42 Å². The first-order valence-corrected chi connectivity index (χ1v) is 6.40. The standard InChI is InChI=1S/C14H22FN3O/c1-4-10(2)18-13(16)17-9-14(3,19)11-5-7-12(15)8-6-11/h5-8,10,19H,4,9H2,1-3H3,(H3,16,17,18). The van der Waals surface area contributed by atoms with E-state index in [1.807, 2.05) is 13.8 Å². The van der Waals surface area contributed by atoms with Crippen LogP contribution in [-0.4, -0.2) is 23.7 Å². The molecule has 0 aliphatic rings. The Morgan fingerprint density at radius 1 is 1.47 bits per heavy atom. The highest BCUT2D eigenvalue weighted by Crippen LogP contribution is 2.21. The summed E-state index contributed by atoms with van der Waals surface area (Å²) in [6, 6.07) is 5.95. The van der Waals surface area contributed by atoms with E-state index in [1.165, 1.54) is 12.1 Å². The minimum atomic E-state index is -1.17. The van der Waals surface area contributed by atoms with Crippen LogP contribution in [0.4, 0.5) is 4.39 Å². The molecule has 0 aliphatic carbocycles. The second-order valence-corrected chi connectivity index (χ2v) is 4.94. The second kappa shape index (κ2) is 6.52. The number of nitrogens with two attached hydrogens (primary N) is 1. The summed E-state index contributed by atoms with van der Waals surface area (Å²) in [5, 5.41) is 13.3. The molecule has 0 aromatic heterocycles. The number of aliphatic imine (C=N–C) groups is 1. The summed E-state index contributed by atoms with van der Waals surface area (Å²) < 4.78 is 12.8. The first-order valence-electron chi connectivity index (χ1n) is 6.40. The molecule has 1 aromatic carbocycles. The van der Waals surface area contributed by atoms with E-state index in [4.69, 9.17) is 5.73 Å². The number of hydrogen-bond acceptors (Lipinski definition) is 2. The van der Waals surface area contributed by atoms with Crippen LogP contribution in [0.1, 0.15) is 32.8 Å². The lowest BCUT2D eigenvalue weighted by Crippen LogP contribution is -2.39. The maximum Gasteiger partial charge on any atom is 0.188 e. The normalized spacial score (nSPS) is 16.8. The molecule has 0 fully saturated rings. The maximum atomic E-state index is 12.8. The van der Waals surface area contributed by atoms with Gasteiger partial charge in [-0.1, -0.05) is 19.1 Å². The van der Waals surface area contributed by atoms with Gasteiger partial charge >= 0.3 is 0 Å². The molecule has 1 aromatic rings. The molecule has 0 heterocycles. The number of halogens is 1. The zero-order chi connectivity index (χ0) is 14.5. The molecule has 4 nitrogen and oxygen atoms in total. The monoisotopic (exact) mass is 267 g/mol. The number of benzene rings is 1. The number of guanidine groups is 1. The summed E-state index contributed by atoms with van der Waals surface area (Å²) in [5.41, 5.74) is 5.16. The van der Waals surface area contributed by atoms with Crippen LogP contribution in [0.3, 0.4) is 0 Å². The zero-order valence-electron chi connectivity index (χ0n) is 11.7. The topological polar surface area (TPSA) is 70.6 Å². The molecule has 5 heteroatoms. The molecule has 19 heavy (non-hydrogen) atoms. The molecular formula is C14H22FN3O. The summed E-state index contributed by atoms with van der Waals surface area (Å²) in [6.07, 6.45) is 0.935. The maximum absolute atomic E-state index is 12.8. The van der Waals surface area contributed by atoms with Crippen LogP contribution in [0.15, 0.2) is 29.3 Å². The molecular weight excluding hydrogens is 245 g/mol. The minimum Gasteiger partial charge on any atom is -0.384 e. The van der Waals surface area contributed by atoms with E-state index in [0.29, 0.717) is 11.5 Å². The largest absolute Gasteiger partial charge is 0.384 e. The highest BCUT2D eigenvalue weighted by molar-refractivity contribution is 5.78. The number of rotatable bonds is 5. The molecule has 2 atom stereocenters. The van der Waals surface area contributed by atoms with Gasteiger partial charge in [-0.2, -0.15) is 0 Å². The minimum absolute atomic E-state index is 0.119. The lowest BCUT2D eigenvalue weighted by Gasteiger charge is -2.22. The average molecular weight is 267 g/mol. The Balaban J connectivity index is 2.69. The van der Waals surface area contributed by atoms with Crippen molar-refractivity contribution in [1.29, 1.82) is 0 Å². The van der Waals surface area contributed by atoms with Crippen LogP contribution < -0.4 is 11.1 Å². The molecule has 0 bridgehead atoms. The van der Waals surface area contributed by atoms with Crippen molar-refractivity contribution in [3.05, 3.63) is 35.6 Å². The van der Waals surface area contributed by atoms with Gasteiger partial charge in [0.15, 0.2) is 5.96 Å². The van der Waals surface area contributed by atoms with Crippen molar-refractivity contribution in [2.45, 2.75) is 38.8 Å². The van der Waals surface area contributed by atoms with Crippen molar-refractivity contribution in [1.82, 2.24) is 5.32 Å². The number of nitrogens with zero attached hydrogens (tertiary/aromatic N) is 1. The molecule has 0 saturated carbocycles. The van der Waals surface area contributed by atoms with Gasteiger partial charge < -0.3 is 16.2 Å². The van der Waals surface area contributed by atoms with Crippen molar-refractivity contribution in [2.75, 3.05) is 6.54 Å². The van der Waals surface area contributed by atoms with Gasteiger partial charge in [-0.05, 0) is 38.0 Å². The second-order valence-electron chi connectivity index (χ2n) is 4.94. The van der Waals surface area contributed by atoms with E-state index in [9.17, 15) is 9.50 Å². The van der Waals surface area contributed by atoms with Gasteiger partial charge in [0, 0.05) is 6.04 Å². The predicted molar refractivity (Wildman–Crippen MR) is 75.3 cm³/mol. The Labute approximate surface area is 113 Å². The number of nitrogens with one attached hydrogen (secondary N) is 1. The van der Waals surface area contributed by atoms with Gasteiger partial charge in [0.1, 0.15) is 11.4 Å². The van der Waals surface area contributed by atoms with E-state index < -0.39 is 5.60 Å². The van der Waals surface area contributed by atoms with Crippen LogP contribution in [-0.2, 0) is 5.60 Å². The third kappa shape index (κ3) is 4.87. The smallest absolute Gasteiger partial charge is 0.188 e. The average Bonchev–Trinajstić information content (AvgIpc) is 2.37. The van der Waals surface area contributed by atoms with Crippen molar-refractivity contribution in [3.63, 3.8) is 0 Å². The van der Waals surface area contributed by atoms with Gasteiger partial charge in [-0.3, -0.25) is 4.99 Å². The Morgan fingerprint density at radius 2 is 2.05 bits per heavy atom. The summed E-state index contributed by atoms with van der Waals surface area (Å²) >= 11 is 0. The predicted octanol–water partition coefficient (Wildman–Crippen LogP) is 1.74. The number of aliphatic hydroxyl groups is 1. The van der Waals surface area contributed by atoms with Gasteiger partial charge in [0.25, 0.3) is 0 Å². The molecule has 4 N–H and O–H groups in total. The van der Waals surface area contributed by atoms with Gasteiger partial charge in [0.05, 0.1) is 6.54 Å². The Morgan fingerprint density at radius 3 is 2.58 bits per heavy atom. The molecule has 1 rings (SSSR count). The molecule has 106 valence electrons. The SMILES string of the molecule is CCC(C)NC(N)=NCC(C)(O)c1ccc(F)cc1. The first-order chi connectivity index (χ1) is 8.85. The van der Waals surface area contributed by atoms with Gasteiger partial charge in [0.2, 0.25) is 0 Å². The van der Waals surface area contributed by atoms with E-state index in [2.05, 4.69) is 10.3 Å². The fraction of sp³-hybridized carbons (Fsp3) is 0.500. The van der Waals surface area contributed by atoms with Crippen molar-refractivity contribution in [3.8, 4) is 0 Å². The molecule has 0 spiro atoms. The molecule has 0 amide bonds. The van der Waals surface area contributed by atoms with Crippen molar-refractivity contribution < 1.29 is 9.50 Å². The Hall–Kier alpha value is -1.62. The summed E-state index contributed by atoms with van der Waals surface area (Å²) in [7, 11) is 0. The zero-order valence-corrected chi connectivity index (χ0v) is 11.7. The van der Waals surface area contributed by atoms with Crippen LogP contribution >= 0.6 is 0 Å². The number of hydrogen-bond donors (Lipinski definition) is 3. The summed E-state index contributed by atoms with van der Waals surface area (Å²) in [6.45, 7) is 5.79. The molecule has 0 saturated heterocycles. The van der Waals surface area contributed by atoms with Gasteiger partial charge in [-0.25, -0.2) is 4.39 Å². The van der Waals surface area contributed by atoms with E-state index in [-0.39, 0.29) is 18.4 Å². The van der Waals surface area contributed by atoms with Crippen LogP contribution in [0.5, 0.6) is 0 Å². The fourth-order valence-corrected chi connectivity index (χ4v) is 1.54. The van der Waals surface area contributed by atoms with Gasteiger partial charge in [-0.15, -0.1) is 0 Å². The lowest BCUT2D eigenvalue weighted by atomic mass is 9.96.